The minimum atomic E-state index is -1.93. The summed E-state index contributed by atoms with van der Waals surface area (Å²) in [6.07, 6.45) is 0. The molecule has 0 fully saturated rings. The predicted molar refractivity (Wildman–Crippen MR) is 61.3 cm³/mol. The molecule has 0 spiro atoms. The highest BCUT2D eigenvalue weighted by Gasteiger charge is 2.05. The fraction of sp³-hybridized carbons (Fsp3) is 0.100. The van der Waals surface area contributed by atoms with E-state index in [1.807, 2.05) is 18.4 Å². The molecule has 1 atom stereocenters. The van der Waals surface area contributed by atoms with Gasteiger partial charge in [-0.3, -0.25) is 0 Å². The molecule has 1 aromatic heterocycles. The average molecular weight is 239 g/mol. The number of thiazole rings is 1. The van der Waals surface area contributed by atoms with Crippen LogP contribution in [0.4, 0.5) is 0 Å². The molecule has 0 aliphatic carbocycles. The second-order valence-electron chi connectivity index (χ2n) is 3.03. The Morgan fingerprint density at radius 2 is 2.27 bits per heavy atom. The van der Waals surface area contributed by atoms with E-state index in [2.05, 4.69) is 4.98 Å². The molecule has 1 unspecified atom stereocenters. The second kappa shape index (κ2) is 4.22. The zero-order chi connectivity index (χ0) is 10.8. The lowest BCUT2D eigenvalue weighted by Gasteiger charge is -1.98. The summed E-state index contributed by atoms with van der Waals surface area (Å²) in [6.45, 7) is 1.93. The van der Waals surface area contributed by atoms with Crippen LogP contribution in [0.3, 0.4) is 0 Å². The first kappa shape index (κ1) is 10.5. The highest BCUT2D eigenvalue weighted by molar-refractivity contribution is 7.79. The summed E-state index contributed by atoms with van der Waals surface area (Å²) >= 11 is -0.367. The molecule has 1 aromatic carbocycles. The molecule has 2 aromatic rings. The maximum absolute atomic E-state index is 10.9. The SMILES string of the molecule is Cc1nc(-c2cccc(S(=O)O)c2)cs1. The number of aryl methyl sites for hydroxylation is 1. The van der Waals surface area contributed by atoms with E-state index in [-0.39, 0.29) is 0 Å². The van der Waals surface area contributed by atoms with E-state index in [0.717, 1.165) is 16.3 Å². The second-order valence-corrected chi connectivity index (χ2v) is 5.06. The van der Waals surface area contributed by atoms with Gasteiger partial charge in [0.25, 0.3) is 0 Å². The summed E-state index contributed by atoms with van der Waals surface area (Å²) < 4.78 is 19.8. The molecule has 1 N–H and O–H groups in total. The summed E-state index contributed by atoms with van der Waals surface area (Å²) in [4.78, 5) is 4.72. The Kier molecular flexibility index (Phi) is 2.95. The van der Waals surface area contributed by atoms with Crippen molar-refractivity contribution in [3.63, 3.8) is 0 Å². The van der Waals surface area contributed by atoms with Crippen molar-refractivity contribution in [3.8, 4) is 11.3 Å². The van der Waals surface area contributed by atoms with Gasteiger partial charge in [-0.2, -0.15) is 0 Å². The Morgan fingerprint density at radius 3 is 2.87 bits per heavy atom. The van der Waals surface area contributed by atoms with Crippen LogP contribution < -0.4 is 0 Å². The molecule has 0 aliphatic heterocycles. The van der Waals surface area contributed by atoms with E-state index in [1.54, 1.807) is 29.5 Å². The number of nitrogens with zero attached hydrogens (tertiary/aromatic N) is 1. The van der Waals surface area contributed by atoms with Crippen LogP contribution in [-0.2, 0) is 11.1 Å². The number of rotatable bonds is 2. The first-order chi connectivity index (χ1) is 7.16. The normalized spacial score (nSPS) is 12.7. The van der Waals surface area contributed by atoms with Gasteiger partial charge in [0.05, 0.1) is 15.6 Å². The zero-order valence-electron chi connectivity index (χ0n) is 8.01. The monoisotopic (exact) mass is 239 g/mol. The topological polar surface area (TPSA) is 50.2 Å². The van der Waals surface area contributed by atoms with Crippen molar-refractivity contribution in [2.24, 2.45) is 0 Å². The van der Waals surface area contributed by atoms with Gasteiger partial charge in [-0.15, -0.1) is 11.3 Å². The molecule has 1 heterocycles. The summed E-state index contributed by atoms with van der Waals surface area (Å²) in [7, 11) is 0. The highest BCUT2D eigenvalue weighted by atomic mass is 32.2. The van der Waals surface area contributed by atoms with Crippen molar-refractivity contribution in [3.05, 3.63) is 34.7 Å². The smallest absolute Gasteiger partial charge is 0.186 e. The van der Waals surface area contributed by atoms with E-state index in [1.165, 1.54) is 0 Å². The van der Waals surface area contributed by atoms with Crippen LogP contribution in [0.2, 0.25) is 0 Å². The molecule has 0 aliphatic rings. The van der Waals surface area contributed by atoms with Gasteiger partial charge in [-0.05, 0) is 19.1 Å². The lowest BCUT2D eigenvalue weighted by Crippen LogP contribution is -1.88. The van der Waals surface area contributed by atoms with Crippen LogP contribution in [0.5, 0.6) is 0 Å². The fourth-order valence-electron chi connectivity index (χ4n) is 1.26. The largest absolute Gasteiger partial charge is 0.302 e. The van der Waals surface area contributed by atoms with Crippen LogP contribution in [-0.4, -0.2) is 13.7 Å². The third kappa shape index (κ3) is 2.31. The lowest BCUT2D eigenvalue weighted by atomic mass is 10.2. The van der Waals surface area contributed by atoms with Gasteiger partial charge in [0.1, 0.15) is 0 Å². The molecular formula is C10H9NO2S2. The van der Waals surface area contributed by atoms with Crippen LogP contribution in [0, 0.1) is 6.92 Å². The Hall–Kier alpha value is -1.04. The van der Waals surface area contributed by atoms with Gasteiger partial charge in [-0.1, -0.05) is 12.1 Å². The first-order valence-electron chi connectivity index (χ1n) is 4.30. The molecule has 3 nitrogen and oxygen atoms in total. The minimum absolute atomic E-state index is 0.401. The van der Waals surface area contributed by atoms with Gasteiger partial charge in [-0.25, -0.2) is 9.19 Å². The van der Waals surface area contributed by atoms with E-state index in [4.69, 9.17) is 4.55 Å². The summed E-state index contributed by atoms with van der Waals surface area (Å²) in [5, 5.41) is 2.93. The summed E-state index contributed by atoms with van der Waals surface area (Å²) in [5.74, 6) is 0. The van der Waals surface area contributed by atoms with E-state index in [9.17, 15) is 4.21 Å². The number of benzene rings is 1. The Labute approximate surface area is 94.1 Å². The average Bonchev–Trinajstić information content (AvgIpc) is 2.65. The van der Waals surface area contributed by atoms with Crippen molar-refractivity contribution in [2.75, 3.05) is 0 Å². The molecule has 0 bridgehead atoms. The van der Waals surface area contributed by atoms with E-state index >= 15 is 0 Å². The maximum Gasteiger partial charge on any atom is 0.186 e. The Balaban J connectivity index is 2.45. The van der Waals surface area contributed by atoms with Gasteiger partial charge >= 0.3 is 0 Å². The van der Waals surface area contributed by atoms with E-state index < -0.39 is 11.1 Å². The van der Waals surface area contributed by atoms with Crippen molar-refractivity contribution < 1.29 is 8.76 Å². The van der Waals surface area contributed by atoms with Crippen LogP contribution in [0.15, 0.2) is 34.5 Å². The Morgan fingerprint density at radius 1 is 1.47 bits per heavy atom. The summed E-state index contributed by atoms with van der Waals surface area (Å²) in [6, 6.07) is 6.95. The quantitative estimate of drug-likeness (QED) is 0.820. The molecule has 0 saturated heterocycles. The highest BCUT2D eigenvalue weighted by Crippen LogP contribution is 2.23. The molecule has 78 valence electrons. The van der Waals surface area contributed by atoms with Gasteiger partial charge in [0.2, 0.25) is 0 Å². The van der Waals surface area contributed by atoms with Crippen molar-refractivity contribution in [2.45, 2.75) is 11.8 Å². The van der Waals surface area contributed by atoms with Crippen LogP contribution >= 0.6 is 11.3 Å². The molecular weight excluding hydrogens is 230 g/mol. The predicted octanol–water partition coefficient (Wildman–Crippen LogP) is 2.70. The summed E-state index contributed by atoms with van der Waals surface area (Å²) in [5.41, 5.74) is 1.73. The molecule has 2 rings (SSSR count). The molecule has 0 radical (unpaired) electrons. The maximum atomic E-state index is 10.9. The fourth-order valence-corrected chi connectivity index (χ4v) is 2.30. The van der Waals surface area contributed by atoms with Crippen molar-refractivity contribution >= 4 is 22.4 Å². The molecule has 5 heteroatoms. The number of aromatic nitrogens is 1. The zero-order valence-corrected chi connectivity index (χ0v) is 9.64. The lowest BCUT2D eigenvalue weighted by molar-refractivity contribution is 0.564. The van der Waals surface area contributed by atoms with Crippen LogP contribution in [0.25, 0.3) is 11.3 Å². The Bertz CT molecular complexity index is 508. The third-order valence-electron chi connectivity index (χ3n) is 1.95. The van der Waals surface area contributed by atoms with Gasteiger partial charge in [0, 0.05) is 10.9 Å². The first-order valence-corrected chi connectivity index (χ1v) is 6.29. The minimum Gasteiger partial charge on any atom is -0.302 e. The molecule has 0 saturated carbocycles. The van der Waals surface area contributed by atoms with E-state index in [0.29, 0.717) is 4.90 Å². The number of hydrogen-bond acceptors (Lipinski definition) is 3. The third-order valence-corrected chi connectivity index (χ3v) is 3.38. The van der Waals surface area contributed by atoms with Crippen molar-refractivity contribution in [1.82, 2.24) is 4.98 Å². The van der Waals surface area contributed by atoms with Crippen molar-refractivity contribution in [1.29, 1.82) is 0 Å². The number of hydrogen-bond donors (Lipinski definition) is 1. The van der Waals surface area contributed by atoms with Crippen LogP contribution in [0.1, 0.15) is 5.01 Å². The molecule has 15 heavy (non-hydrogen) atoms. The van der Waals surface area contributed by atoms with Gasteiger partial charge < -0.3 is 4.55 Å². The molecule has 0 amide bonds. The standard InChI is InChI=1S/C10H9NO2S2/c1-7-11-10(6-14-7)8-3-2-4-9(5-8)15(12)13/h2-6H,1H3,(H,12,13). The van der Waals surface area contributed by atoms with Gasteiger partial charge in [0.15, 0.2) is 11.1 Å².